The van der Waals surface area contributed by atoms with E-state index >= 15 is 4.39 Å². The fraction of sp³-hybridized carbons (Fsp3) is 0.667. The molecule has 174 valence electrons. The quantitative estimate of drug-likeness (QED) is 0.675. The van der Waals surface area contributed by atoms with Crippen LogP contribution in [0.2, 0.25) is 0 Å². The van der Waals surface area contributed by atoms with Gasteiger partial charge in [-0.3, -0.25) is 0 Å². The van der Waals surface area contributed by atoms with Crippen LogP contribution in [0.1, 0.15) is 63.0 Å². The number of urea groups is 1. The molecule has 5 rings (SSSR count). The molecule has 0 spiro atoms. The molecule has 3 fully saturated rings. The minimum Gasteiger partial charge on any atom is -0.335 e. The predicted molar refractivity (Wildman–Crippen MR) is 123 cm³/mol. The van der Waals surface area contributed by atoms with Gasteiger partial charge in [-0.05, 0) is 94.2 Å². The summed E-state index contributed by atoms with van der Waals surface area (Å²) in [5.74, 6) is 0.186. The molecule has 8 heteroatoms. The van der Waals surface area contributed by atoms with E-state index in [2.05, 4.69) is 14.6 Å². The Kier molecular flexibility index (Phi) is 6.34. The van der Waals surface area contributed by atoms with Crippen molar-refractivity contribution in [1.82, 2.24) is 19.5 Å². The van der Waals surface area contributed by atoms with Gasteiger partial charge in [-0.25, -0.2) is 13.6 Å². The lowest BCUT2D eigenvalue weighted by atomic mass is 9.81. The van der Waals surface area contributed by atoms with Crippen LogP contribution in [0.25, 0.3) is 10.1 Å². The van der Waals surface area contributed by atoms with Crippen LogP contribution in [0.15, 0.2) is 18.2 Å². The highest BCUT2D eigenvalue weighted by Crippen LogP contribution is 2.37. The average molecular weight is 463 g/mol. The number of fused-ring (bicyclic) bond motifs is 1. The summed E-state index contributed by atoms with van der Waals surface area (Å²) in [7, 11) is 0. The number of likely N-dealkylation sites (tertiary alicyclic amines) is 2. The number of nitrogens with one attached hydrogen (secondary N) is 1. The Morgan fingerprint density at radius 3 is 2.59 bits per heavy atom. The molecule has 2 aromatic rings. The van der Waals surface area contributed by atoms with E-state index in [4.69, 9.17) is 0 Å². The molecule has 0 atom stereocenters. The van der Waals surface area contributed by atoms with Crippen molar-refractivity contribution in [3.05, 3.63) is 29.7 Å². The first-order valence-corrected chi connectivity index (χ1v) is 12.8. The normalized spacial score (nSPS) is 27.4. The molecule has 32 heavy (non-hydrogen) atoms. The first-order valence-electron chi connectivity index (χ1n) is 12.0. The van der Waals surface area contributed by atoms with Crippen molar-refractivity contribution in [2.75, 3.05) is 32.7 Å². The number of halogens is 2. The summed E-state index contributed by atoms with van der Waals surface area (Å²) < 4.78 is 34.4. The molecular formula is C24H32F2N4OS. The maximum Gasteiger partial charge on any atom is 0.317 e. The third-order valence-corrected chi connectivity index (χ3v) is 8.49. The van der Waals surface area contributed by atoms with Gasteiger partial charge in [0.25, 0.3) is 0 Å². The summed E-state index contributed by atoms with van der Waals surface area (Å²) in [6.07, 6.45) is 6.23. The molecule has 3 heterocycles. The zero-order valence-corrected chi connectivity index (χ0v) is 19.3. The summed E-state index contributed by atoms with van der Waals surface area (Å²) >= 11 is 1.38. The standard InChI is InChI=1S/C24H32F2N4OS/c25-18-2-3-20-21(16-18)32-28-22(20)17-6-13-29(14-7-17)15-10-24(26)8-4-19(5-9-24)27-23(31)30-11-1-12-30/h2-3,16-17,19H,1,4-15H2,(H,27,31). The van der Waals surface area contributed by atoms with Crippen molar-refractivity contribution < 1.29 is 13.6 Å². The van der Waals surface area contributed by atoms with Gasteiger partial charge in [-0.15, -0.1) is 0 Å². The Balaban J connectivity index is 1.06. The van der Waals surface area contributed by atoms with Crippen LogP contribution in [0, 0.1) is 5.82 Å². The predicted octanol–water partition coefficient (Wildman–Crippen LogP) is 5.07. The van der Waals surface area contributed by atoms with Gasteiger partial charge in [0.2, 0.25) is 0 Å². The van der Waals surface area contributed by atoms with Gasteiger partial charge < -0.3 is 15.1 Å². The van der Waals surface area contributed by atoms with Crippen LogP contribution in [0.4, 0.5) is 13.6 Å². The summed E-state index contributed by atoms with van der Waals surface area (Å²) in [4.78, 5) is 16.3. The van der Waals surface area contributed by atoms with Gasteiger partial charge in [0.15, 0.2) is 0 Å². The SMILES string of the molecule is O=C(NC1CCC(F)(CCN2CCC(c3nsc4cc(F)ccc34)CC2)CC1)N1CCC1. The molecule has 0 bridgehead atoms. The Morgan fingerprint density at radius 1 is 1.16 bits per heavy atom. The number of hydrogen-bond donors (Lipinski definition) is 1. The maximum atomic E-state index is 15.4. The Labute approximate surface area is 192 Å². The van der Waals surface area contributed by atoms with E-state index in [-0.39, 0.29) is 17.9 Å². The molecule has 3 aliphatic rings. The van der Waals surface area contributed by atoms with E-state index in [1.165, 1.54) is 17.6 Å². The number of amides is 2. The highest BCUT2D eigenvalue weighted by molar-refractivity contribution is 7.13. The Morgan fingerprint density at radius 2 is 1.91 bits per heavy atom. The number of alkyl halides is 1. The average Bonchev–Trinajstić information content (AvgIpc) is 3.16. The Hall–Kier alpha value is -1.80. The smallest absolute Gasteiger partial charge is 0.317 e. The van der Waals surface area contributed by atoms with Crippen LogP contribution in [0.3, 0.4) is 0 Å². The number of aromatic nitrogens is 1. The van der Waals surface area contributed by atoms with Crippen molar-refractivity contribution >= 4 is 27.6 Å². The minimum atomic E-state index is -1.11. The second-order valence-corrected chi connectivity index (χ2v) is 10.6. The first-order chi connectivity index (χ1) is 15.5. The van der Waals surface area contributed by atoms with Gasteiger partial charge in [-0.2, -0.15) is 4.37 Å². The molecule has 1 aromatic heterocycles. The molecule has 2 amide bonds. The third-order valence-electron chi connectivity index (χ3n) is 7.66. The highest BCUT2D eigenvalue weighted by Gasteiger charge is 2.37. The number of nitrogens with zero attached hydrogens (tertiary/aromatic N) is 3. The molecule has 1 saturated carbocycles. The van der Waals surface area contributed by atoms with Gasteiger partial charge >= 0.3 is 6.03 Å². The number of carbonyl (C=O) groups excluding carboxylic acids is 1. The van der Waals surface area contributed by atoms with Crippen molar-refractivity contribution in [2.24, 2.45) is 0 Å². The summed E-state index contributed by atoms with van der Waals surface area (Å²) in [6, 6.07) is 5.07. The number of hydrogen-bond acceptors (Lipinski definition) is 4. The first kappa shape index (κ1) is 22.0. The van der Waals surface area contributed by atoms with Crippen molar-refractivity contribution in [2.45, 2.75) is 69.0 Å². The van der Waals surface area contributed by atoms with Crippen LogP contribution in [-0.4, -0.2) is 64.6 Å². The lowest BCUT2D eigenvalue weighted by Crippen LogP contribution is -2.52. The lowest BCUT2D eigenvalue weighted by molar-refractivity contribution is 0.0636. The zero-order valence-electron chi connectivity index (χ0n) is 18.5. The maximum absolute atomic E-state index is 15.4. The topological polar surface area (TPSA) is 48.5 Å². The van der Waals surface area contributed by atoms with E-state index in [9.17, 15) is 9.18 Å². The van der Waals surface area contributed by atoms with Crippen molar-refractivity contribution in [3.63, 3.8) is 0 Å². The number of piperidine rings is 1. The fourth-order valence-corrected chi connectivity index (χ4v) is 6.21. The molecule has 1 N–H and O–H groups in total. The van der Waals surface area contributed by atoms with Crippen LogP contribution < -0.4 is 5.32 Å². The molecule has 0 radical (unpaired) electrons. The minimum absolute atomic E-state index is 0.0218. The molecule has 0 unspecified atom stereocenters. The van der Waals surface area contributed by atoms with Crippen LogP contribution in [0.5, 0.6) is 0 Å². The number of benzene rings is 1. The van der Waals surface area contributed by atoms with E-state index < -0.39 is 5.67 Å². The number of carbonyl (C=O) groups is 1. The third kappa shape index (κ3) is 4.76. The monoisotopic (exact) mass is 462 g/mol. The van der Waals surface area contributed by atoms with Gasteiger partial charge in [0, 0.05) is 37.0 Å². The van der Waals surface area contributed by atoms with E-state index in [0.29, 0.717) is 25.2 Å². The van der Waals surface area contributed by atoms with Crippen molar-refractivity contribution in [3.8, 4) is 0 Å². The largest absolute Gasteiger partial charge is 0.335 e. The fourth-order valence-electron chi connectivity index (χ4n) is 5.33. The zero-order chi connectivity index (χ0) is 22.1. The van der Waals surface area contributed by atoms with Crippen LogP contribution >= 0.6 is 11.5 Å². The van der Waals surface area contributed by atoms with Gasteiger partial charge in [-0.1, -0.05) is 0 Å². The van der Waals surface area contributed by atoms with E-state index in [0.717, 1.165) is 80.6 Å². The van der Waals surface area contributed by atoms with E-state index in [1.807, 2.05) is 11.0 Å². The highest BCUT2D eigenvalue weighted by atomic mass is 32.1. The molecular weight excluding hydrogens is 430 g/mol. The summed E-state index contributed by atoms with van der Waals surface area (Å²) in [5.41, 5.74) is -0.00508. The molecule has 2 saturated heterocycles. The summed E-state index contributed by atoms with van der Waals surface area (Å²) in [6.45, 7) is 4.39. The van der Waals surface area contributed by atoms with Gasteiger partial charge in [0.1, 0.15) is 11.5 Å². The van der Waals surface area contributed by atoms with E-state index in [1.54, 1.807) is 6.07 Å². The van der Waals surface area contributed by atoms with Gasteiger partial charge in [0.05, 0.1) is 10.4 Å². The van der Waals surface area contributed by atoms with Crippen LogP contribution in [-0.2, 0) is 0 Å². The molecule has 1 aromatic carbocycles. The molecule has 1 aliphatic carbocycles. The molecule has 5 nitrogen and oxygen atoms in total. The lowest BCUT2D eigenvalue weighted by Gasteiger charge is -2.38. The second kappa shape index (κ2) is 9.21. The number of rotatable bonds is 5. The van der Waals surface area contributed by atoms with Crippen molar-refractivity contribution in [1.29, 1.82) is 0 Å². The second-order valence-electron chi connectivity index (χ2n) is 9.79. The Bertz CT molecular complexity index is 947. The summed E-state index contributed by atoms with van der Waals surface area (Å²) in [5, 5.41) is 4.16. The molecule has 2 aliphatic heterocycles.